The number of hydrogen-bond acceptors (Lipinski definition) is 20. The lowest BCUT2D eigenvalue weighted by Crippen LogP contribution is -2.35. The molecule has 5 aromatic rings. The van der Waals surface area contributed by atoms with E-state index >= 15 is 0 Å². The second-order valence-corrected chi connectivity index (χ2v) is 17.4. The van der Waals surface area contributed by atoms with Gasteiger partial charge in [-0.15, -0.1) is 24.7 Å². The van der Waals surface area contributed by atoms with Crippen LogP contribution in [0.25, 0.3) is 5.95 Å². The third-order valence-corrected chi connectivity index (χ3v) is 11.3. The summed E-state index contributed by atoms with van der Waals surface area (Å²) >= 11 is 0. The number of aromatic nitrogens is 4. The van der Waals surface area contributed by atoms with Crippen molar-refractivity contribution in [2.75, 3.05) is 29.1 Å². The minimum absolute atomic E-state index is 0.0348. The second-order valence-electron chi connectivity index (χ2n) is 11.4. The quantitative estimate of drug-likeness (QED) is 0.0343. The number of sulfone groups is 1. The van der Waals surface area contributed by atoms with Crippen LogP contribution in [0.5, 0.6) is 0 Å². The number of benzene rings is 3. The molecule has 1 amide bonds. The Morgan fingerprint density at radius 2 is 1.46 bits per heavy atom. The monoisotopic (exact) mass is 897 g/mol. The first-order chi connectivity index (χ1) is 27.4. The van der Waals surface area contributed by atoms with Crippen LogP contribution in [-0.4, -0.2) is 80.5 Å². The number of nitrogens with two attached hydrogens (primary N) is 3. The van der Waals surface area contributed by atoms with Crippen molar-refractivity contribution in [2.45, 2.75) is 14.7 Å². The summed E-state index contributed by atoms with van der Waals surface area (Å²) in [5.74, 6) is -2.38. The highest BCUT2D eigenvalue weighted by Crippen LogP contribution is 2.43. The molecule has 0 spiro atoms. The summed E-state index contributed by atoms with van der Waals surface area (Å²) in [5, 5.41) is 17.8. The average molecular weight is 898 g/mol. The zero-order valence-electron chi connectivity index (χ0n) is 29.1. The van der Waals surface area contributed by atoms with Crippen LogP contribution >= 0.6 is 0 Å². The van der Waals surface area contributed by atoms with E-state index < -0.39 is 109 Å². The Bertz CT molecular complexity index is 3010. The van der Waals surface area contributed by atoms with E-state index in [2.05, 4.69) is 44.9 Å². The summed E-state index contributed by atoms with van der Waals surface area (Å²) < 4.78 is 143. The predicted octanol–water partition coefficient (Wildman–Crippen LogP) is 2.21. The van der Waals surface area contributed by atoms with Gasteiger partial charge in [-0.3, -0.25) is 18.5 Å². The summed E-state index contributed by atoms with van der Waals surface area (Å²) in [5.41, 5.74) is 14.2. The van der Waals surface area contributed by atoms with Crippen LogP contribution in [-0.2, 0) is 44.7 Å². The van der Waals surface area contributed by atoms with Crippen LogP contribution in [0.3, 0.4) is 0 Å². The molecule has 10 N–H and O–H groups in total. The van der Waals surface area contributed by atoms with E-state index in [9.17, 15) is 52.0 Å². The number of nitrogens with zero attached hydrogens (tertiary/aromatic N) is 8. The van der Waals surface area contributed by atoms with Crippen LogP contribution < -0.4 is 27.1 Å². The highest BCUT2D eigenvalue weighted by molar-refractivity contribution is 7.91. The standard InChI is InChI=1S/C29H25FN12O13S4/c30-27-35-28(37-29(36-27)42-9-1-2-15(14-42)26(33)43)34-17-5-8-21(57(46,47)48)19(12-17)39-40-20-13-22(58(49,50)51)24(32)25(23(20)31)41-38-16-3-6-18(7-4-16)56(44,45)11-10-55-59(52,53)54/h1-9,12-14H,10-11H2,(H9-,31,32,33,34,35,36,37,38,39,43,46,47,48,49,50,51,52,53,54)/p+1. The van der Waals surface area contributed by atoms with Gasteiger partial charge in [-0.2, -0.15) is 30.4 Å². The number of carbonyl (C=O) groups is 1. The van der Waals surface area contributed by atoms with Crippen molar-refractivity contribution in [1.29, 1.82) is 0 Å². The van der Waals surface area contributed by atoms with Crippen molar-refractivity contribution in [3.8, 4) is 5.95 Å². The van der Waals surface area contributed by atoms with E-state index in [1.807, 2.05) is 0 Å². The van der Waals surface area contributed by atoms with Gasteiger partial charge in [0.05, 0.1) is 52.3 Å². The second kappa shape index (κ2) is 16.7. The molecule has 30 heteroatoms. The lowest BCUT2D eigenvalue weighted by Gasteiger charge is -2.11. The molecule has 0 saturated heterocycles. The normalized spacial score (nSPS) is 12.6. The molecule has 0 unspecified atom stereocenters. The molecule has 0 aliphatic carbocycles. The van der Waals surface area contributed by atoms with Gasteiger partial charge in [0.15, 0.2) is 9.84 Å². The number of nitrogen functional groups attached to an aromatic ring is 2. The van der Waals surface area contributed by atoms with Crippen molar-refractivity contribution >= 4 is 92.1 Å². The zero-order valence-corrected chi connectivity index (χ0v) is 32.4. The number of hydrogen-bond donors (Lipinski definition) is 7. The molecule has 2 aromatic heterocycles. The summed E-state index contributed by atoms with van der Waals surface area (Å²) in [4.78, 5) is 20.6. The lowest BCUT2D eigenvalue weighted by molar-refractivity contribution is -0.604. The van der Waals surface area contributed by atoms with Crippen LogP contribution in [0.1, 0.15) is 10.4 Å². The summed E-state index contributed by atoms with van der Waals surface area (Å²) in [6.07, 6.45) is 1.31. The van der Waals surface area contributed by atoms with Crippen LogP contribution in [0.2, 0.25) is 0 Å². The van der Waals surface area contributed by atoms with Crippen molar-refractivity contribution in [1.82, 2.24) is 15.0 Å². The molecular formula is C29H26FN12O13S4+. The number of pyridine rings is 1. The Hall–Kier alpha value is -6.54. The molecule has 0 bridgehead atoms. The topological polar surface area (TPSA) is 406 Å². The summed E-state index contributed by atoms with van der Waals surface area (Å²) in [7, 11) is -19.2. The minimum Gasteiger partial charge on any atom is -0.396 e. The molecule has 59 heavy (non-hydrogen) atoms. The van der Waals surface area contributed by atoms with E-state index in [0.717, 1.165) is 47.0 Å². The first-order valence-electron chi connectivity index (χ1n) is 15.5. The molecule has 5 rings (SSSR count). The average Bonchev–Trinajstić information content (AvgIpc) is 3.13. The van der Waals surface area contributed by atoms with Gasteiger partial charge in [-0.25, -0.2) is 17.2 Å². The fourth-order valence-electron chi connectivity index (χ4n) is 4.65. The van der Waals surface area contributed by atoms with Crippen molar-refractivity contribution < 1.29 is 65.3 Å². The molecule has 0 saturated carbocycles. The van der Waals surface area contributed by atoms with Gasteiger partial charge in [-0.05, 0) is 70.6 Å². The number of rotatable bonds is 15. The van der Waals surface area contributed by atoms with Crippen LogP contribution in [0, 0.1) is 6.08 Å². The van der Waals surface area contributed by atoms with E-state index in [1.165, 1.54) is 24.5 Å². The van der Waals surface area contributed by atoms with Gasteiger partial charge in [0.1, 0.15) is 26.9 Å². The fourth-order valence-corrected chi connectivity index (χ4v) is 7.37. The Kier molecular flexibility index (Phi) is 12.4. The van der Waals surface area contributed by atoms with Gasteiger partial charge in [0.2, 0.25) is 0 Å². The first-order valence-corrected chi connectivity index (χ1v) is 21.4. The fraction of sp³-hybridized carbons (Fsp3) is 0.0690. The largest absolute Gasteiger partial charge is 0.445 e. The van der Waals surface area contributed by atoms with Crippen molar-refractivity contribution in [3.05, 3.63) is 84.7 Å². The Balaban J connectivity index is 1.49. The highest BCUT2D eigenvalue weighted by atomic mass is 32.3. The third kappa shape index (κ3) is 11.1. The molecule has 0 aliphatic rings. The number of primary amides is 1. The number of carbonyl (C=O) groups excluding carboxylic acids is 1. The van der Waals surface area contributed by atoms with E-state index in [4.69, 9.17) is 21.8 Å². The molecule has 0 radical (unpaired) electrons. The molecule has 310 valence electrons. The van der Waals surface area contributed by atoms with Gasteiger partial charge < -0.3 is 22.5 Å². The number of nitrogens with one attached hydrogen (secondary N) is 1. The SMILES string of the molecule is NC(=O)c1ccc[n+](-c2nc(F)nc(Nc3ccc(S(=O)(=O)O)c(N=Nc4cc(S(=O)(=O)O)c(N)c(N=Nc5ccc(S(=O)(=O)CCOS(=O)(=O)O)cc5)c4N)c3)n2)c1. The van der Waals surface area contributed by atoms with Crippen molar-refractivity contribution in [3.63, 3.8) is 0 Å². The maximum absolute atomic E-state index is 14.5. The summed E-state index contributed by atoms with van der Waals surface area (Å²) in [6.45, 7) is -0.885. The number of halogens is 1. The molecule has 2 heterocycles. The molecule has 0 aliphatic heterocycles. The Morgan fingerprint density at radius 1 is 0.797 bits per heavy atom. The maximum atomic E-state index is 14.5. The zero-order chi connectivity index (χ0) is 43.5. The number of anilines is 4. The highest BCUT2D eigenvalue weighted by Gasteiger charge is 2.24. The Labute approximate surface area is 331 Å². The lowest BCUT2D eigenvalue weighted by atomic mass is 10.2. The van der Waals surface area contributed by atoms with Gasteiger partial charge in [0, 0.05) is 5.69 Å². The number of amides is 1. The van der Waals surface area contributed by atoms with Crippen LogP contribution in [0.4, 0.5) is 50.2 Å². The van der Waals surface area contributed by atoms with Gasteiger partial charge >= 0.3 is 28.4 Å². The van der Waals surface area contributed by atoms with Crippen molar-refractivity contribution in [2.24, 2.45) is 26.2 Å². The predicted molar refractivity (Wildman–Crippen MR) is 199 cm³/mol. The maximum Gasteiger partial charge on any atom is 0.445 e. The van der Waals surface area contributed by atoms with Crippen LogP contribution in [0.15, 0.2) is 108 Å². The molecule has 0 atom stereocenters. The summed E-state index contributed by atoms with van der Waals surface area (Å²) in [6, 6.07) is 10.7. The molecule has 3 aromatic carbocycles. The minimum atomic E-state index is -5.14. The van der Waals surface area contributed by atoms with E-state index in [0.29, 0.717) is 6.07 Å². The molecular weight excluding hydrogens is 872 g/mol. The third-order valence-electron chi connectivity index (χ3n) is 7.31. The molecule has 25 nitrogen and oxygen atoms in total. The van der Waals surface area contributed by atoms with Gasteiger partial charge in [-0.1, -0.05) is 0 Å². The van der Waals surface area contributed by atoms with Gasteiger partial charge in [0.25, 0.3) is 26.1 Å². The van der Waals surface area contributed by atoms with E-state index in [-0.39, 0.29) is 27.8 Å². The first kappa shape index (κ1) is 43.6. The smallest absolute Gasteiger partial charge is 0.396 e. The Morgan fingerprint density at radius 3 is 2.08 bits per heavy atom. The van der Waals surface area contributed by atoms with E-state index in [1.54, 1.807) is 0 Å². The number of azo groups is 2. The molecule has 0 fully saturated rings.